The molecule has 0 aliphatic carbocycles. The molecule has 4 nitrogen and oxygen atoms in total. The van der Waals surface area contributed by atoms with Gasteiger partial charge in [-0.05, 0) is 47.2 Å². The number of rotatable bonds is 6. The van der Waals surface area contributed by atoms with Crippen molar-refractivity contribution in [1.29, 1.82) is 0 Å². The van der Waals surface area contributed by atoms with Gasteiger partial charge in [0.25, 0.3) is 0 Å². The summed E-state index contributed by atoms with van der Waals surface area (Å²) < 4.78 is 37.2. The molecule has 0 amide bonds. The van der Waals surface area contributed by atoms with Crippen LogP contribution in [0.1, 0.15) is 24.8 Å². The Balaban J connectivity index is 1.69. The van der Waals surface area contributed by atoms with Gasteiger partial charge in [0.15, 0.2) is 5.96 Å². The fourth-order valence-corrected chi connectivity index (χ4v) is 3.64. The third-order valence-corrected chi connectivity index (χ3v) is 4.94. The molecule has 1 saturated heterocycles. The Hall–Kier alpha value is -1.28. The quantitative estimate of drug-likeness (QED) is 0.604. The summed E-state index contributed by atoms with van der Waals surface area (Å²) >= 11 is 1.68. The van der Waals surface area contributed by atoms with Crippen LogP contribution in [-0.4, -0.2) is 56.8 Å². The summed E-state index contributed by atoms with van der Waals surface area (Å²) in [7, 11) is 1.70. The average molecular weight is 362 g/mol. The molecule has 2 unspecified atom stereocenters. The van der Waals surface area contributed by atoms with Crippen molar-refractivity contribution < 1.29 is 13.2 Å². The summed E-state index contributed by atoms with van der Waals surface area (Å²) in [6.45, 7) is 3.73. The Morgan fingerprint density at radius 1 is 1.46 bits per heavy atom. The summed E-state index contributed by atoms with van der Waals surface area (Å²) in [5, 5.41) is 10.7. The molecule has 2 heterocycles. The standard InChI is InChI=1S/C16H25F3N4S/c1-12(14-4-6-24-10-14)7-21-15(20-2)22-8-13-3-5-23(9-13)11-16(17,18)19/h4,6,10,12-13H,3,5,7-9,11H2,1-2H3,(H2,20,21,22). The van der Waals surface area contributed by atoms with Crippen LogP contribution in [0, 0.1) is 5.92 Å². The fraction of sp³-hybridized carbons (Fsp3) is 0.688. The van der Waals surface area contributed by atoms with Gasteiger partial charge in [-0.25, -0.2) is 0 Å². The van der Waals surface area contributed by atoms with E-state index < -0.39 is 12.7 Å². The molecule has 1 aromatic rings. The van der Waals surface area contributed by atoms with E-state index in [0.29, 0.717) is 31.5 Å². The van der Waals surface area contributed by atoms with Crippen LogP contribution >= 0.6 is 11.3 Å². The van der Waals surface area contributed by atoms with E-state index in [4.69, 9.17) is 0 Å². The van der Waals surface area contributed by atoms with Gasteiger partial charge in [0.05, 0.1) is 6.54 Å². The van der Waals surface area contributed by atoms with Crippen molar-refractivity contribution >= 4 is 17.3 Å². The fourth-order valence-electron chi connectivity index (χ4n) is 2.86. The Bertz CT molecular complexity index is 516. The van der Waals surface area contributed by atoms with E-state index in [0.717, 1.165) is 13.0 Å². The highest BCUT2D eigenvalue weighted by molar-refractivity contribution is 7.07. The van der Waals surface area contributed by atoms with E-state index in [9.17, 15) is 13.2 Å². The van der Waals surface area contributed by atoms with E-state index in [2.05, 4.69) is 39.4 Å². The molecule has 2 atom stereocenters. The summed E-state index contributed by atoms with van der Waals surface area (Å²) in [6.07, 6.45) is -3.33. The molecule has 136 valence electrons. The van der Waals surface area contributed by atoms with Crippen LogP contribution in [0.4, 0.5) is 13.2 Å². The van der Waals surface area contributed by atoms with Crippen LogP contribution in [0.2, 0.25) is 0 Å². The Labute approximate surface area is 145 Å². The lowest BCUT2D eigenvalue weighted by molar-refractivity contribution is -0.143. The first kappa shape index (κ1) is 19.1. The molecule has 2 N–H and O–H groups in total. The number of nitrogens with one attached hydrogen (secondary N) is 2. The maximum absolute atomic E-state index is 12.4. The zero-order valence-corrected chi connectivity index (χ0v) is 14.9. The summed E-state index contributed by atoms with van der Waals surface area (Å²) in [6, 6.07) is 2.11. The molecule has 1 fully saturated rings. The van der Waals surface area contributed by atoms with Gasteiger partial charge in [0.1, 0.15) is 0 Å². The van der Waals surface area contributed by atoms with E-state index in [1.54, 1.807) is 18.4 Å². The molecule has 0 aromatic carbocycles. The minimum Gasteiger partial charge on any atom is -0.356 e. The second-order valence-corrected chi connectivity index (χ2v) is 7.08. The van der Waals surface area contributed by atoms with Crippen molar-refractivity contribution in [1.82, 2.24) is 15.5 Å². The number of hydrogen-bond donors (Lipinski definition) is 2. The smallest absolute Gasteiger partial charge is 0.356 e. The first-order chi connectivity index (χ1) is 11.4. The highest BCUT2D eigenvalue weighted by atomic mass is 32.1. The third kappa shape index (κ3) is 6.32. The van der Waals surface area contributed by atoms with E-state index >= 15 is 0 Å². The molecule has 0 spiro atoms. The lowest BCUT2D eigenvalue weighted by Gasteiger charge is -2.19. The molecular formula is C16H25F3N4S. The molecule has 0 saturated carbocycles. The monoisotopic (exact) mass is 362 g/mol. The first-order valence-electron chi connectivity index (χ1n) is 8.13. The van der Waals surface area contributed by atoms with E-state index in [1.165, 1.54) is 10.5 Å². The minimum absolute atomic E-state index is 0.222. The molecule has 1 aromatic heterocycles. The van der Waals surface area contributed by atoms with Crippen molar-refractivity contribution in [2.45, 2.75) is 25.4 Å². The van der Waals surface area contributed by atoms with Crippen LogP contribution in [0.15, 0.2) is 21.8 Å². The van der Waals surface area contributed by atoms with Crippen molar-refractivity contribution in [3.05, 3.63) is 22.4 Å². The van der Waals surface area contributed by atoms with E-state index in [1.807, 2.05) is 0 Å². The van der Waals surface area contributed by atoms with Crippen molar-refractivity contribution in [2.75, 3.05) is 39.8 Å². The highest BCUT2D eigenvalue weighted by Crippen LogP contribution is 2.22. The van der Waals surface area contributed by atoms with Crippen molar-refractivity contribution in [3.8, 4) is 0 Å². The van der Waals surface area contributed by atoms with Crippen LogP contribution in [0.3, 0.4) is 0 Å². The van der Waals surface area contributed by atoms with E-state index in [-0.39, 0.29) is 5.92 Å². The average Bonchev–Trinajstić information content (AvgIpc) is 3.17. The molecule has 2 rings (SSSR count). The predicted molar refractivity (Wildman–Crippen MR) is 92.7 cm³/mol. The molecule has 1 aliphatic rings. The van der Waals surface area contributed by atoms with Crippen molar-refractivity contribution in [3.63, 3.8) is 0 Å². The largest absolute Gasteiger partial charge is 0.401 e. The molecule has 0 radical (unpaired) electrons. The number of alkyl halides is 3. The van der Waals surface area contributed by atoms with Gasteiger partial charge in [-0.3, -0.25) is 9.89 Å². The lowest BCUT2D eigenvalue weighted by atomic mass is 10.1. The number of nitrogens with zero attached hydrogens (tertiary/aromatic N) is 2. The Kier molecular flexibility index (Phi) is 6.91. The Morgan fingerprint density at radius 3 is 2.88 bits per heavy atom. The zero-order chi connectivity index (χ0) is 17.6. The second kappa shape index (κ2) is 8.71. The lowest BCUT2D eigenvalue weighted by Crippen LogP contribution is -2.41. The van der Waals surface area contributed by atoms with Crippen LogP contribution in [0.25, 0.3) is 0 Å². The number of likely N-dealkylation sites (tertiary alicyclic amines) is 1. The maximum Gasteiger partial charge on any atom is 0.401 e. The molecule has 24 heavy (non-hydrogen) atoms. The number of thiophene rings is 1. The first-order valence-corrected chi connectivity index (χ1v) is 9.07. The second-order valence-electron chi connectivity index (χ2n) is 6.30. The topological polar surface area (TPSA) is 39.7 Å². The number of halogens is 3. The van der Waals surface area contributed by atoms with Gasteiger partial charge in [-0.15, -0.1) is 0 Å². The Morgan fingerprint density at radius 2 is 2.25 bits per heavy atom. The molecule has 0 bridgehead atoms. The maximum atomic E-state index is 12.4. The predicted octanol–water partition coefficient (Wildman–Crippen LogP) is 2.90. The highest BCUT2D eigenvalue weighted by Gasteiger charge is 2.34. The summed E-state index contributed by atoms with van der Waals surface area (Å²) in [4.78, 5) is 5.66. The van der Waals surface area contributed by atoms with Gasteiger partial charge in [0.2, 0.25) is 0 Å². The SMILES string of the molecule is CN=C(NCC1CCN(CC(F)(F)F)C1)NCC(C)c1ccsc1. The van der Waals surface area contributed by atoms with Crippen molar-refractivity contribution in [2.24, 2.45) is 10.9 Å². The van der Waals surface area contributed by atoms with Gasteiger partial charge < -0.3 is 10.6 Å². The molecular weight excluding hydrogens is 337 g/mol. The van der Waals surface area contributed by atoms with Gasteiger partial charge in [-0.1, -0.05) is 6.92 Å². The number of hydrogen-bond acceptors (Lipinski definition) is 3. The minimum atomic E-state index is -4.11. The molecule has 8 heteroatoms. The van der Waals surface area contributed by atoms with Crippen LogP contribution in [0.5, 0.6) is 0 Å². The van der Waals surface area contributed by atoms with Crippen LogP contribution < -0.4 is 10.6 Å². The third-order valence-electron chi connectivity index (χ3n) is 4.24. The number of guanidine groups is 1. The van der Waals surface area contributed by atoms with Gasteiger partial charge >= 0.3 is 6.18 Å². The molecule has 1 aliphatic heterocycles. The summed E-state index contributed by atoms with van der Waals surface area (Å²) in [5.74, 6) is 1.30. The number of aliphatic imine (C=N–C) groups is 1. The van der Waals surface area contributed by atoms with Gasteiger partial charge in [-0.2, -0.15) is 24.5 Å². The summed E-state index contributed by atoms with van der Waals surface area (Å²) in [5.41, 5.74) is 1.29. The zero-order valence-electron chi connectivity index (χ0n) is 14.1. The normalized spacial score (nSPS) is 21.0. The van der Waals surface area contributed by atoms with Crippen LogP contribution in [-0.2, 0) is 0 Å². The van der Waals surface area contributed by atoms with Gasteiger partial charge in [0, 0.05) is 26.7 Å².